The first kappa shape index (κ1) is 14.6. The molecule has 1 atom stereocenters. The summed E-state index contributed by atoms with van der Waals surface area (Å²) in [5.74, 6) is -0.373. The van der Waals surface area contributed by atoms with Crippen LogP contribution in [0, 0.1) is 0 Å². The lowest BCUT2D eigenvalue weighted by molar-refractivity contribution is -0.141. The molecule has 0 bridgehead atoms. The van der Waals surface area contributed by atoms with Crippen LogP contribution < -0.4 is 0 Å². The predicted octanol–water partition coefficient (Wildman–Crippen LogP) is 2.17. The molecule has 9 heteroatoms. The Labute approximate surface area is 123 Å². The second-order valence-corrected chi connectivity index (χ2v) is 5.27. The smallest absolute Gasteiger partial charge is 0.337 e. The minimum Gasteiger partial charge on any atom is -0.337 e. The summed E-state index contributed by atoms with van der Waals surface area (Å²) < 4.78 is 37.8. The average molecular weight is 313 g/mol. The van der Waals surface area contributed by atoms with Gasteiger partial charge in [-0.25, -0.2) is 0 Å². The largest absolute Gasteiger partial charge is 0.435 e. The van der Waals surface area contributed by atoms with Crippen LogP contribution in [0.15, 0.2) is 18.3 Å². The summed E-state index contributed by atoms with van der Waals surface area (Å²) in [6.45, 7) is 0.936. The van der Waals surface area contributed by atoms with Gasteiger partial charge >= 0.3 is 6.18 Å². The van der Waals surface area contributed by atoms with Crippen LogP contribution in [0.4, 0.5) is 13.2 Å². The second-order valence-electron chi connectivity index (χ2n) is 5.27. The Morgan fingerprint density at radius 2 is 2.18 bits per heavy atom. The van der Waals surface area contributed by atoms with E-state index in [-0.39, 0.29) is 11.8 Å². The summed E-state index contributed by atoms with van der Waals surface area (Å²) in [5.41, 5.74) is -0.143. The van der Waals surface area contributed by atoms with Gasteiger partial charge < -0.3 is 4.90 Å². The Bertz CT molecular complexity index is 649. The number of nitrogens with zero attached hydrogens (tertiary/aromatic N) is 3. The van der Waals surface area contributed by atoms with Gasteiger partial charge in [-0.15, -0.1) is 0 Å². The number of carbonyl (C=O) groups excluding carboxylic acids is 1. The van der Waals surface area contributed by atoms with E-state index in [9.17, 15) is 18.0 Å². The molecule has 1 saturated heterocycles. The van der Waals surface area contributed by atoms with Gasteiger partial charge in [-0.1, -0.05) is 0 Å². The van der Waals surface area contributed by atoms with E-state index >= 15 is 0 Å². The Balaban J connectivity index is 1.73. The number of rotatable bonds is 2. The van der Waals surface area contributed by atoms with E-state index in [1.54, 1.807) is 11.0 Å². The summed E-state index contributed by atoms with van der Waals surface area (Å²) in [4.78, 5) is 13.9. The number of piperidine rings is 1. The average Bonchev–Trinajstić information content (AvgIpc) is 3.17. The van der Waals surface area contributed by atoms with Gasteiger partial charge in [-0.05, 0) is 25.0 Å². The van der Waals surface area contributed by atoms with Gasteiger partial charge in [-0.3, -0.25) is 15.0 Å². The summed E-state index contributed by atoms with van der Waals surface area (Å²) in [5, 5.41) is 12.1. The first-order chi connectivity index (χ1) is 10.4. The number of amides is 1. The number of carbonyl (C=O) groups is 1. The van der Waals surface area contributed by atoms with Crippen LogP contribution in [0.2, 0.25) is 0 Å². The number of aromatic amines is 2. The molecule has 1 aliphatic rings. The lowest BCUT2D eigenvalue weighted by Gasteiger charge is -2.31. The molecule has 118 valence electrons. The molecule has 0 aromatic carbocycles. The molecule has 0 saturated carbocycles. The number of H-pyrrole nitrogens is 2. The number of hydrogen-bond acceptors (Lipinski definition) is 3. The summed E-state index contributed by atoms with van der Waals surface area (Å²) in [6.07, 6.45) is -1.54. The lowest BCUT2D eigenvalue weighted by atomic mass is 9.94. The van der Waals surface area contributed by atoms with Gasteiger partial charge in [0.15, 0.2) is 5.69 Å². The number of nitrogens with one attached hydrogen (secondary N) is 2. The third-order valence-electron chi connectivity index (χ3n) is 3.77. The molecule has 3 heterocycles. The maximum Gasteiger partial charge on any atom is 0.435 e. The van der Waals surface area contributed by atoms with Crippen LogP contribution in [0.25, 0.3) is 0 Å². The Hall–Kier alpha value is -2.32. The van der Waals surface area contributed by atoms with Crippen molar-refractivity contribution in [2.75, 3.05) is 13.1 Å². The van der Waals surface area contributed by atoms with E-state index in [4.69, 9.17) is 0 Å². The van der Waals surface area contributed by atoms with Gasteiger partial charge in [0, 0.05) is 30.9 Å². The normalized spacial score (nSPS) is 19.4. The summed E-state index contributed by atoms with van der Waals surface area (Å²) >= 11 is 0. The van der Waals surface area contributed by atoms with Crippen LogP contribution in [0.5, 0.6) is 0 Å². The first-order valence-corrected chi connectivity index (χ1v) is 6.86. The zero-order chi connectivity index (χ0) is 15.7. The molecule has 3 rings (SSSR count). The molecular formula is C13H14F3N5O. The number of likely N-dealkylation sites (tertiary alicyclic amines) is 1. The second kappa shape index (κ2) is 5.47. The quantitative estimate of drug-likeness (QED) is 0.892. The van der Waals surface area contributed by atoms with Crippen molar-refractivity contribution in [2.24, 2.45) is 0 Å². The van der Waals surface area contributed by atoms with Gasteiger partial charge in [-0.2, -0.15) is 23.4 Å². The Morgan fingerprint density at radius 1 is 1.36 bits per heavy atom. The van der Waals surface area contributed by atoms with E-state index in [2.05, 4.69) is 20.4 Å². The SMILES string of the molecule is O=C(c1ccn[nH]1)N1CCCC(c2cc(C(F)(F)F)n[nH]2)C1. The minimum absolute atomic E-state index is 0.177. The monoisotopic (exact) mass is 313 g/mol. The highest BCUT2D eigenvalue weighted by molar-refractivity contribution is 5.92. The fourth-order valence-corrected chi connectivity index (χ4v) is 2.65. The highest BCUT2D eigenvalue weighted by atomic mass is 19.4. The van der Waals surface area contributed by atoms with Crippen molar-refractivity contribution in [3.05, 3.63) is 35.4 Å². The molecule has 1 aliphatic heterocycles. The number of aromatic nitrogens is 4. The molecule has 0 spiro atoms. The molecule has 0 radical (unpaired) electrons. The van der Waals surface area contributed by atoms with Crippen LogP contribution in [0.3, 0.4) is 0 Å². The molecule has 22 heavy (non-hydrogen) atoms. The van der Waals surface area contributed by atoms with E-state index < -0.39 is 11.9 Å². The van der Waals surface area contributed by atoms with Crippen LogP contribution >= 0.6 is 0 Å². The lowest BCUT2D eigenvalue weighted by Crippen LogP contribution is -2.39. The topological polar surface area (TPSA) is 77.7 Å². The molecule has 2 N–H and O–H groups in total. The zero-order valence-electron chi connectivity index (χ0n) is 11.5. The van der Waals surface area contributed by atoms with Gasteiger partial charge in [0.1, 0.15) is 5.69 Å². The molecule has 1 amide bonds. The third kappa shape index (κ3) is 2.83. The summed E-state index contributed by atoms with van der Waals surface area (Å²) in [7, 11) is 0. The predicted molar refractivity (Wildman–Crippen MR) is 70.1 cm³/mol. The number of halogens is 3. The highest BCUT2D eigenvalue weighted by Gasteiger charge is 2.35. The van der Waals surface area contributed by atoms with Gasteiger partial charge in [0.05, 0.1) is 0 Å². The zero-order valence-corrected chi connectivity index (χ0v) is 11.5. The van der Waals surface area contributed by atoms with Gasteiger partial charge in [0.2, 0.25) is 0 Å². The van der Waals surface area contributed by atoms with Crippen molar-refractivity contribution in [1.82, 2.24) is 25.3 Å². The van der Waals surface area contributed by atoms with Crippen molar-refractivity contribution in [3.8, 4) is 0 Å². The minimum atomic E-state index is -4.46. The third-order valence-corrected chi connectivity index (χ3v) is 3.77. The van der Waals surface area contributed by atoms with Crippen molar-refractivity contribution >= 4 is 5.91 Å². The van der Waals surface area contributed by atoms with E-state index in [1.807, 2.05) is 0 Å². The maximum absolute atomic E-state index is 12.6. The van der Waals surface area contributed by atoms with Crippen molar-refractivity contribution < 1.29 is 18.0 Å². The molecule has 1 fully saturated rings. The summed E-state index contributed by atoms with van der Waals surface area (Å²) in [6, 6.07) is 2.60. The molecule has 2 aromatic heterocycles. The van der Waals surface area contributed by atoms with E-state index in [1.165, 1.54) is 6.20 Å². The van der Waals surface area contributed by atoms with E-state index in [0.29, 0.717) is 30.9 Å². The van der Waals surface area contributed by atoms with Crippen molar-refractivity contribution in [1.29, 1.82) is 0 Å². The van der Waals surface area contributed by atoms with Gasteiger partial charge in [0.25, 0.3) is 5.91 Å². The molecule has 1 unspecified atom stereocenters. The first-order valence-electron chi connectivity index (χ1n) is 6.86. The standard InChI is InChI=1S/C13H14F3N5O/c14-13(15,16)11-6-10(19-20-11)8-2-1-5-21(7-8)12(22)9-3-4-17-18-9/h3-4,6,8H,1-2,5,7H2,(H,17,18)(H,19,20). The molecular weight excluding hydrogens is 299 g/mol. The van der Waals surface area contributed by atoms with Crippen LogP contribution in [-0.2, 0) is 6.18 Å². The Morgan fingerprint density at radius 3 is 2.82 bits per heavy atom. The van der Waals surface area contributed by atoms with Crippen LogP contribution in [0.1, 0.15) is 40.6 Å². The maximum atomic E-state index is 12.6. The molecule has 0 aliphatic carbocycles. The van der Waals surface area contributed by atoms with Crippen LogP contribution in [-0.4, -0.2) is 44.3 Å². The number of hydrogen-bond donors (Lipinski definition) is 2. The highest BCUT2D eigenvalue weighted by Crippen LogP contribution is 2.32. The molecule has 6 nitrogen and oxygen atoms in total. The fraction of sp³-hybridized carbons (Fsp3) is 0.462. The molecule has 2 aromatic rings. The number of alkyl halides is 3. The Kier molecular flexibility index (Phi) is 3.63. The van der Waals surface area contributed by atoms with Crippen molar-refractivity contribution in [3.63, 3.8) is 0 Å². The fourth-order valence-electron chi connectivity index (χ4n) is 2.65. The van der Waals surface area contributed by atoms with Crippen molar-refractivity contribution in [2.45, 2.75) is 24.9 Å². The van der Waals surface area contributed by atoms with E-state index in [0.717, 1.165) is 12.5 Å².